The van der Waals surface area contributed by atoms with Crippen LogP contribution in [0, 0.1) is 5.41 Å². The van der Waals surface area contributed by atoms with E-state index in [0.717, 1.165) is 23.7 Å². The maximum Gasteiger partial charge on any atom is 0.226 e. The van der Waals surface area contributed by atoms with E-state index in [1.54, 1.807) is 11.8 Å². The van der Waals surface area contributed by atoms with Crippen LogP contribution in [-0.4, -0.2) is 20.8 Å². The van der Waals surface area contributed by atoms with Gasteiger partial charge in [-0.2, -0.15) is 4.98 Å². The quantitative estimate of drug-likeness (QED) is 0.860. The molecule has 94 valence electrons. The minimum Gasteiger partial charge on any atom is -0.290 e. The van der Waals surface area contributed by atoms with Crippen molar-refractivity contribution in [2.75, 3.05) is 6.26 Å². The van der Waals surface area contributed by atoms with Crippen LogP contribution >= 0.6 is 11.8 Å². The minimum atomic E-state index is 0.273. The van der Waals surface area contributed by atoms with Gasteiger partial charge in [0.25, 0.3) is 0 Å². The van der Waals surface area contributed by atoms with E-state index in [0.29, 0.717) is 5.82 Å². The van der Waals surface area contributed by atoms with Crippen molar-refractivity contribution >= 4 is 11.8 Å². The van der Waals surface area contributed by atoms with Crippen LogP contribution in [0.3, 0.4) is 0 Å². The Morgan fingerprint density at radius 2 is 1.94 bits per heavy atom. The first kappa shape index (κ1) is 12.8. The zero-order chi connectivity index (χ0) is 13.0. The second kappa shape index (κ2) is 5.82. The molecule has 1 N–H and O–H groups in total. The molecular weight excluding hydrogens is 244 g/mol. The molecule has 0 atom stereocenters. The van der Waals surface area contributed by atoms with Crippen molar-refractivity contribution in [3.63, 3.8) is 0 Å². The molecule has 0 unspecified atom stereocenters. The maximum absolute atomic E-state index is 8.01. The smallest absolute Gasteiger partial charge is 0.226 e. The molecule has 2 aromatic rings. The van der Waals surface area contributed by atoms with E-state index in [1.165, 1.54) is 0 Å². The molecule has 0 aliphatic rings. The predicted octanol–water partition coefficient (Wildman–Crippen LogP) is 2.56. The van der Waals surface area contributed by atoms with E-state index < -0.39 is 0 Å². The Balaban J connectivity index is 2.53. The van der Waals surface area contributed by atoms with E-state index in [4.69, 9.17) is 5.41 Å². The molecule has 0 spiro atoms. The molecule has 0 fully saturated rings. The lowest BCUT2D eigenvalue weighted by atomic mass is 10.2. The molecule has 0 saturated heterocycles. The molecular formula is C13H16N4S. The largest absolute Gasteiger partial charge is 0.290 e. The highest BCUT2D eigenvalue weighted by Gasteiger charge is 2.08. The molecule has 0 aliphatic carbocycles. The average molecular weight is 260 g/mol. The molecule has 4 nitrogen and oxygen atoms in total. The van der Waals surface area contributed by atoms with E-state index in [1.807, 2.05) is 41.2 Å². The first-order valence-electron chi connectivity index (χ1n) is 5.89. The van der Waals surface area contributed by atoms with Crippen molar-refractivity contribution in [1.29, 1.82) is 5.41 Å². The molecule has 1 aromatic carbocycles. The van der Waals surface area contributed by atoms with E-state index in [-0.39, 0.29) is 5.62 Å². The minimum absolute atomic E-state index is 0.273. The van der Waals surface area contributed by atoms with Crippen LogP contribution in [0.4, 0.5) is 0 Å². The molecule has 0 aliphatic heterocycles. The van der Waals surface area contributed by atoms with Crippen LogP contribution in [0.15, 0.2) is 35.5 Å². The number of nitrogens with zero attached hydrogens (tertiary/aromatic N) is 3. The normalized spacial score (nSPS) is 10.6. The molecule has 1 heterocycles. The first-order valence-corrected chi connectivity index (χ1v) is 7.11. The molecule has 5 heteroatoms. The lowest BCUT2D eigenvalue weighted by molar-refractivity contribution is 0.540. The summed E-state index contributed by atoms with van der Waals surface area (Å²) in [4.78, 5) is 8.81. The second-order valence-electron chi connectivity index (χ2n) is 3.88. The highest BCUT2D eigenvalue weighted by atomic mass is 32.2. The Kier molecular flexibility index (Phi) is 4.15. The highest BCUT2D eigenvalue weighted by Crippen LogP contribution is 2.16. The Morgan fingerprint density at radius 1 is 1.22 bits per heavy atom. The van der Waals surface area contributed by atoms with Gasteiger partial charge >= 0.3 is 0 Å². The van der Waals surface area contributed by atoms with Crippen LogP contribution in [0.1, 0.15) is 13.3 Å². The Hall–Kier alpha value is -1.62. The summed E-state index contributed by atoms with van der Waals surface area (Å²) in [5.74, 6) is 0.623. The third-order valence-electron chi connectivity index (χ3n) is 2.56. The molecule has 0 bridgehead atoms. The standard InChI is InChI=1S/C13H16N4S/c1-3-9-17-12(14)15-11(16-13(17)18-2)10-7-5-4-6-8-10/h4-8,14H,3,9H2,1-2H3. The number of rotatable bonds is 4. The van der Waals surface area contributed by atoms with Crippen molar-refractivity contribution in [2.24, 2.45) is 0 Å². The van der Waals surface area contributed by atoms with Gasteiger partial charge in [0.05, 0.1) is 0 Å². The lowest BCUT2D eigenvalue weighted by Gasteiger charge is -2.11. The van der Waals surface area contributed by atoms with E-state index >= 15 is 0 Å². The summed E-state index contributed by atoms with van der Waals surface area (Å²) in [5, 5.41) is 8.85. The summed E-state index contributed by atoms with van der Waals surface area (Å²) >= 11 is 1.55. The molecule has 0 amide bonds. The van der Waals surface area contributed by atoms with Crippen LogP contribution in [0.25, 0.3) is 11.4 Å². The zero-order valence-corrected chi connectivity index (χ0v) is 11.4. The Labute approximate surface area is 111 Å². The topological polar surface area (TPSA) is 54.6 Å². The van der Waals surface area contributed by atoms with Crippen LogP contribution in [0.5, 0.6) is 0 Å². The molecule has 2 rings (SSSR count). The van der Waals surface area contributed by atoms with Gasteiger partial charge in [0, 0.05) is 12.1 Å². The van der Waals surface area contributed by atoms with Gasteiger partial charge in [-0.1, -0.05) is 49.0 Å². The van der Waals surface area contributed by atoms with Crippen LogP contribution < -0.4 is 5.62 Å². The van der Waals surface area contributed by atoms with Gasteiger partial charge in [0.1, 0.15) is 0 Å². The third-order valence-corrected chi connectivity index (χ3v) is 3.24. The van der Waals surface area contributed by atoms with Gasteiger partial charge in [-0.15, -0.1) is 0 Å². The summed E-state index contributed by atoms with van der Waals surface area (Å²) in [6.07, 6.45) is 2.95. The number of nitrogens with one attached hydrogen (secondary N) is 1. The summed E-state index contributed by atoms with van der Waals surface area (Å²) in [5.41, 5.74) is 1.22. The lowest BCUT2D eigenvalue weighted by Crippen LogP contribution is -2.26. The number of hydrogen-bond acceptors (Lipinski definition) is 4. The predicted molar refractivity (Wildman–Crippen MR) is 73.4 cm³/mol. The fourth-order valence-corrected chi connectivity index (χ4v) is 2.30. The SMILES string of the molecule is CCCn1c(SC)nc(-c2ccccc2)nc1=N. The Morgan fingerprint density at radius 3 is 2.56 bits per heavy atom. The van der Waals surface area contributed by atoms with E-state index in [2.05, 4.69) is 16.9 Å². The molecule has 18 heavy (non-hydrogen) atoms. The second-order valence-corrected chi connectivity index (χ2v) is 4.65. The first-order chi connectivity index (χ1) is 8.76. The van der Waals surface area contributed by atoms with Crippen molar-refractivity contribution in [3.05, 3.63) is 36.0 Å². The molecule has 0 saturated carbocycles. The van der Waals surface area contributed by atoms with Crippen LogP contribution in [0.2, 0.25) is 0 Å². The van der Waals surface area contributed by atoms with Gasteiger partial charge in [0.15, 0.2) is 11.0 Å². The van der Waals surface area contributed by atoms with Crippen LogP contribution in [-0.2, 0) is 6.54 Å². The van der Waals surface area contributed by atoms with Gasteiger partial charge in [-0.25, -0.2) is 4.98 Å². The number of thioether (sulfide) groups is 1. The van der Waals surface area contributed by atoms with E-state index in [9.17, 15) is 0 Å². The summed E-state index contributed by atoms with van der Waals surface area (Å²) in [6.45, 7) is 2.87. The van der Waals surface area contributed by atoms with Gasteiger partial charge < -0.3 is 0 Å². The zero-order valence-electron chi connectivity index (χ0n) is 10.6. The average Bonchev–Trinajstić information content (AvgIpc) is 2.42. The van der Waals surface area contributed by atoms with Crippen molar-refractivity contribution in [1.82, 2.24) is 14.5 Å². The van der Waals surface area contributed by atoms with Crippen molar-refractivity contribution < 1.29 is 0 Å². The van der Waals surface area contributed by atoms with Crippen molar-refractivity contribution in [2.45, 2.75) is 25.0 Å². The highest BCUT2D eigenvalue weighted by molar-refractivity contribution is 7.98. The molecule has 1 aromatic heterocycles. The number of aromatic nitrogens is 3. The fraction of sp³-hybridized carbons (Fsp3) is 0.308. The third kappa shape index (κ3) is 2.61. The monoisotopic (exact) mass is 260 g/mol. The summed E-state index contributed by atoms with van der Waals surface area (Å²) in [6, 6.07) is 9.79. The maximum atomic E-state index is 8.01. The van der Waals surface area contributed by atoms with Gasteiger partial charge in [0.2, 0.25) is 5.62 Å². The van der Waals surface area contributed by atoms with Gasteiger partial charge in [-0.3, -0.25) is 9.98 Å². The number of benzene rings is 1. The number of hydrogen-bond donors (Lipinski definition) is 1. The van der Waals surface area contributed by atoms with Gasteiger partial charge in [-0.05, 0) is 12.7 Å². The van der Waals surface area contributed by atoms with Crippen molar-refractivity contribution in [3.8, 4) is 11.4 Å². The molecule has 0 radical (unpaired) electrons. The summed E-state index contributed by atoms with van der Waals surface area (Å²) < 4.78 is 1.84. The summed E-state index contributed by atoms with van der Waals surface area (Å²) in [7, 11) is 0. The Bertz CT molecular complexity index is 577. The fourth-order valence-electron chi connectivity index (χ4n) is 1.72.